The number of nitrogens with one attached hydrogen (secondary N) is 1. The van der Waals surface area contributed by atoms with Crippen LogP contribution >= 0.6 is 0 Å². The van der Waals surface area contributed by atoms with Crippen molar-refractivity contribution in [1.29, 1.82) is 0 Å². The Labute approximate surface area is 112 Å². The summed E-state index contributed by atoms with van der Waals surface area (Å²) in [6, 6.07) is 10.0. The van der Waals surface area contributed by atoms with Crippen LogP contribution in [0.15, 0.2) is 41.5 Å². The summed E-state index contributed by atoms with van der Waals surface area (Å²) in [6.07, 6.45) is 1.79. The van der Waals surface area contributed by atoms with E-state index < -0.39 is 0 Å². The molecule has 100 valence electrons. The van der Waals surface area contributed by atoms with Gasteiger partial charge in [0.25, 0.3) is 0 Å². The van der Waals surface area contributed by atoms with Crippen LogP contribution in [-0.4, -0.2) is 31.2 Å². The van der Waals surface area contributed by atoms with Crippen molar-refractivity contribution >= 4 is 16.9 Å². The van der Waals surface area contributed by atoms with Crippen LogP contribution in [0.25, 0.3) is 10.9 Å². The molecule has 0 radical (unpaired) electrons. The summed E-state index contributed by atoms with van der Waals surface area (Å²) in [4.78, 5) is 8.69. The molecule has 1 heterocycles. The molecule has 5 nitrogen and oxygen atoms in total. The second kappa shape index (κ2) is 6.70. The second-order valence-electron chi connectivity index (χ2n) is 4.11. The average molecular weight is 258 g/mol. The molecule has 2 rings (SSSR count). The van der Waals surface area contributed by atoms with E-state index in [0.29, 0.717) is 25.7 Å². The predicted molar refractivity (Wildman–Crippen MR) is 76.9 cm³/mol. The van der Waals surface area contributed by atoms with Gasteiger partial charge in [-0.25, -0.2) is 4.99 Å². The standard InChI is InChI=1S/C14H18N4O/c1-19-9-8-17-14(15)18-10-12-5-2-4-11-6-3-7-16-13(11)12/h2-7H,8-10H2,1H3,(H3,15,17,18). The maximum Gasteiger partial charge on any atom is 0.188 e. The number of pyridine rings is 1. The van der Waals surface area contributed by atoms with Gasteiger partial charge in [-0.1, -0.05) is 24.3 Å². The lowest BCUT2D eigenvalue weighted by Crippen LogP contribution is -2.34. The minimum atomic E-state index is 0.421. The van der Waals surface area contributed by atoms with Gasteiger partial charge >= 0.3 is 0 Å². The van der Waals surface area contributed by atoms with Crippen molar-refractivity contribution in [2.75, 3.05) is 20.3 Å². The minimum absolute atomic E-state index is 0.421. The maximum absolute atomic E-state index is 5.77. The lowest BCUT2D eigenvalue weighted by atomic mass is 10.1. The van der Waals surface area contributed by atoms with E-state index in [1.165, 1.54) is 0 Å². The third kappa shape index (κ3) is 3.66. The smallest absolute Gasteiger partial charge is 0.188 e. The van der Waals surface area contributed by atoms with E-state index >= 15 is 0 Å². The molecule has 0 spiro atoms. The van der Waals surface area contributed by atoms with Crippen LogP contribution in [0.1, 0.15) is 5.56 Å². The number of para-hydroxylation sites is 1. The third-order valence-corrected chi connectivity index (χ3v) is 2.75. The van der Waals surface area contributed by atoms with Gasteiger partial charge in [0.1, 0.15) is 0 Å². The molecule has 1 aromatic carbocycles. The topological polar surface area (TPSA) is 72.5 Å². The molecule has 0 aliphatic rings. The number of nitrogens with zero attached hydrogens (tertiary/aromatic N) is 2. The van der Waals surface area contributed by atoms with Gasteiger partial charge in [-0.3, -0.25) is 4.98 Å². The number of hydrogen-bond acceptors (Lipinski definition) is 3. The van der Waals surface area contributed by atoms with Crippen molar-refractivity contribution in [1.82, 2.24) is 10.3 Å². The van der Waals surface area contributed by atoms with Gasteiger partial charge in [-0.15, -0.1) is 0 Å². The van der Waals surface area contributed by atoms with Crippen LogP contribution in [0.2, 0.25) is 0 Å². The Hall–Kier alpha value is -2.14. The maximum atomic E-state index is 5.77. The quantitative estimate of drug-likeness (QED) is 0.481. The number of fused-ring (bicyclic) bond motifs is 1. The molecule has 0 bridgehead atoms. The Kier molecular flexibility index (Phi) is 4.69. The molecule has 0 fully saturated rings. The fraction of sp³-hybridized carbons (Fsp3) is 0.286. The van der Waals surface area contributed by atoms with Gasteiger partial charge in [0.05, 0.1) is 18.7 Å². The number of benzene rings is 1. The van der Waals surface area contributed by atoms with Crippen LogP contribution in [0.4, 0.5) is 0 Å². The van der Waals surface area contributed by atoms with E-state index in [1.807, 2.05) is 30.3 Å². The average Bonchev–Trinajstić information content (AvgIpc) is 2.45. The highest BCUT2D eigenvalue weighted by Crippen LogP contribution is 2.16. The molecule has 0 unspecified atom stereocenters. The molecule has 19 heavy (non-hydrogen) atoms. The highest BCUT2D eigenvalue weighted by atomic mass is 16.5. The summed E-state index contributed by atoms with van der Waals surface area (Å²) in [6.45, 7) is 1.77. The van der Waals surface area contributed by atoms with Gasteiger partial charge in [0.15, 0.2) is 5.96 Å². The van der Waals surface area contributed by atoms with Crippen molar-refractivity contribution in [2.24, 2.45) is 10.7 Å². The highest BCUT2D eigenvalue weighted by molar-refractivity contribution is 5.82. The third-order valence-electron chi connectivity index (χ3n) is 2.75. The second-order valence-corrected chi connectivity index (χ2v) is 4.11. The summed E-state index contributed by atoms with van der Waals surface area (Å²) in [5.74, 6) is 0.421. The zero-order valence-corrected chi connectivity index (χ0v) is 11.0. The molecule has 0 aliphatic carbocycles. The number of hydrogen-bond donors (Lipinski definition) is 2. The van der Waals surface area contributed by atoms with Gasteiger partial charge in [-0.2, -0.15) is 0 Å². The predicted octanol–water partition coefficient (Wildman–Crippen LogP) is 1.29. The van der Waals surface area contributed by atoms with Crippen LogP contribution in [0.3, 0.4) is 0 Å². The van der Waals surface area contributed by atoms with Gasteiger partial charge in [0.2, 0.25) is 0 Å². The Morgan fingerprint density at radius 1 is 1.37 bits per heavy atom. The van der Waals surface area contributed by atoms with Crippen LogP contribution < -0.4 is 11.1 Å². The van der Waals surface area contributed by atoms with Crippen LogP contribution in [0.5, 0.6) is 0 Å². The Balaban J connectivity index is 2.07. The number of rotatable bonds is 5. The molecule has 0 atom stereocenters. The molecule has 0 aliphatic heterocycles. The number of methoxy groups -OCH3 is 1. The molecule has 0 saturated heterocycles. The van der Waals surface area contributed by atoms with Crippen molar-refractivity contribution < 1.29 is 4.74 Å². The first-order valence-corrected chi connectivity index (χ1v) is 6.16. The number of nitrogens with two attached hydrogens (primary N) is 1. The molecule has 5 heteroatoms. The lowest BCUT2D eigenvalue weighted by molar-refractivity contribution is 0.204. The van der Waals surface area contributed by atoms with E-state index in [0.717, 1.165) is 16.5 Å². The van der Waals surface area contributed by atoms with Crippen LogP contribution in [0, 0.1) is 0 Å². The lowest BCUT2D eigenvalue weighted by Gasteiger charge is -2.06. The summed E-state index contributed by atoms with van der Waals surface area (Å²) >= 11 is 0. The first-order valence-electron chi connectivity index (χ1n) is 6.16. The van der Waals surface area contributed by atoms with Crippen molar-refractivity contribution in [3.05, 3.63) is 42.1 Å². The monoisotopic (exact) mass is 258 g/mol. The van der Waals surface area contributed by atoms with Gasteiger partial charge < -0.3 is 15.8 Å². The number of aromatic nitrogens is 1. The number of aliphatic imine (C=N–C) groups is 1. The zero-order valence-electron chi connectivity index (χ0n) is 11.0. The molecule has 1 aromatic heterocycles. The summed E-state index contributed by atoms with van der Waals surface area (Å²) in [5.41, 5.74) is 7.80. The van der Waals surface area contributed by atoms with E-state index in [-0.39, 0.29) is 0 Å². The van der Waals surface area contributed by atoms with E-state index in [2.05, 4.69) is 15.3 Å². The van der Waals surface area contributed by atoms with Gasteiger partial charge in [0, 0.05) is 25.2 Å². The van der Waals surface area contributed by atoms with E-state index in [1.54, 1.807) is 13.3 Å². The summed E-state index contributed by atoms with van der Waals surface area (Å²) < 4.78 is 4.93. The molecular weight excluding hydrogens is 240 g/mol. The summed E-state index contributed by atoms with van der Waals surface area (Å²) in [7, 11) is 1.65. The van der Waals surface area contributed by atoms with Gasteiger partial charge in [-0.05, 0) is 11.6 Å². The molecule has 0 saturated carbocycles. The SMILES string of the molecule is COCCNC(N)=NCc1cccc2cccnc12. The van der Waals surface area contributed by atoms with Crippen molar-refractivity contribution in [3.8, 4) is 0 Å². The minimum Gasteiger partial charge on any atom is -0.383 e. The van der Waals surface area contributed by atoms with E-state index in [4.69, 9.17) is 10.5 Å². The first kappa shape index (κ1) is 13.3. The normalized spacial score (nSPS) is 11.7. The zero-order chi connectivity index (χ0) is 13.5. The largest absolute Gasteiger partial charge is 0.383 e. The van der Waals surface area contributed by atoms with Crippen molar-refractivity contribution in [2.45, 2.75) is 6.54 Å². The Morgan fingerprint density at radius 2 is 2.21 bits per heavy atom. The van der Waals surface area contributed by atoms with Crippen molar-refractivity contribution in [3.63, 3.8) is 0 Å². The Morgan fingerprint density at radius 3 is 3.05 bits per heavy atom. The summed E-state index contributed by atoms with van der Waals surface area (Å²) in [5, 5.41) is 4.10. The first-order chi connectivity index (χ1) is 9.31. The number of guanidine groups is 1. The highest BCUT2D eigenvalue weighted by Gasteiger charge is 2.00. The fourth-order valence-electron chi connectivity index (χ4n) is 1.80. The fourth-order valence-corrected chi connectivity index (χ4v) is 1.80. The molecule has 3 N–H and O–H groups in total. The number of ether oxygens (including phenoxy) is 1. The van der Waals surface area contributed by atoms with Crippen LogP contribution in [-0.2, 0) is 11.3 Å². The van der Waals surface area contributed by atoms with E-state index in [9.17, 15) is 0 Å². The Bertz CT molecular complexity index is 563. The molecular formula is C14H18N4O. The molecule has 2 aromatic rings. The molecule has 0 amide bonds.